The van der Waals surface area contributed by atoms with E-state index in [1.165, 1.54) is 22.0 Å². The molecular formula is C15H19FN2S. The molecule has 0 saturated carbocycles. The van der Waals surface area contributed by atoms with Gasteiger partial charge in [0.05, 0.1) is 6.20 Å². The van der Waals surface area contributed by atoms with Crippen molar-refractivity contribution in [2.45, 2.75) is 39.3 Å². The number of aryl methyl sites for hydroxylation is 1. The van der Waals surface area contributed by atoms with Gasteiger partial charge in [-0.1, -0.05) is 0 Å². The van der Waals surface area contributed by atoms with Gasteiger partial charge in [-0.05, 0) is 51.0 Å². The van der Waals surface area contributed by atoms with E-state index >= 15 is 0 Å². The highest BCUT2D eigenvalue weighted by Gasteiger charge is 2.11. The first-order valence-corrected chi connectivity index (χ1v) is 7.28. The number of thiophene rings is 1. The fourth-order valence-electron chi connectivity index (χ4n) is 2.14. The molecule has 1 N–H and O–H groups in total. The third-order valence-electron chi connectivity index (χ3n) is 3.06. The minimum Gasteiger partial charge on any atom is -0.307 e. The number of nitrogens with zero attached hydrogens (tertiary/aromatic N) is 1. The zero-order valence-electron chi connectivity index (χ0n) is 11.5. The van der Waals surface area contributed by atoms with Crippen LogP contribution in [0.15, 0.2) is 30.6 Å². The second-order valence-corrected chi connectivity index (χ2v) is 6.31. The van der Waals surface area contributed by atoms with Crippen molar-refractivity contribution < 1.29 is 4.39 Å². The second kappa shape index (κ2) is 6.26. The Morgan fingerprint density at radius 3 is 2.74 bits per heavy atom. The molecule has 0 amide bonds. The summed E-state index contributed by atoms with van der Waals surface area (Å²) in [6.45, 7) is 6.30. The monoisotopic (exact) mass is 278 g/mol. The Labute approximate surface area is 117 Å². The molecule has 102 valence electrons. The zero-order chi connectivity index (χ0) is 13.8. The molecule has 2 rings (SSSR count). The Bertz CT molecular complexity index is 538. The maximum absolute atomic E-state index is 13.1. The molecule has 0 bridgehead atoms. The van der Waals surface area contributed by atoms with Crippen molar-refractivity contribution in [2.75, 3.05) is 0 Å². The van der Waals surface area contributed by atoms with Gasteiger partial charge in [0.1, 0.15) is 5.82 Å². The van der Waals surface area contributed by atoms with E-state index in [0.29, 0.717) is 6.04 Å². The summed E-state index contributed by atoms with van der Waals surface area (Å²) in [4.78, 5) is 6.60. The van der Waals surface area contributed by atoms with E-state index < -0.39 is 0 Å². The van der Waals surface area contributed by atoms with Crippen LogP contribution in [0.3, 0.4) is 0 Å². The number of nitrogens with one attached hydrogen (secondary N) is 1. The van der Waals surface area contributed by atoms with E-state index in [2.05, 4.69) is 36.3 Å². The van der Waals surface area contributed by atoms with Gasteiger partial charge in [-0.3, -0.25) is 4.98 Å². The number of hydrogen-bond donors (Lipinski definition) is 1. The minimum atomic E-state index is -0.285. The Morgan fingerprint density at radius 2 is 2.11 bits per heavy atom. The summed E-state index contributed by atoms with van der Waals surface area (Å²) in [6.07, 6.45) is 3.93. The maximum atomic E-state index is 13.1. The van der Waals surface area contributed by atoms with Crippen LogP contribution in [0.25, 0.3) is 0 Å². The summed E-state index contributed by atoms with van der Waals surface area (Å²) in [5.41, 5.74) is 0.884. The van der Waals surface area contributed by atoms with E-state index in [4.69, 9.17) is 0 Å². The van der Waals surface area contributed by atoms with Gasteiger partial charge >= 0.3 is 0 Å². The molecule has 0 aliphatic heterocycles. The molecular weight excluding hydrogens is 259 g/mol. The fraction of sp³-hybridized carbons (Fsp3) is 0.400. The lowest BCUT2D eigenvalue weighted by molar-refractivity contribution is 0.475. The van der Waals surface area contributed by atoms with Crippen LogP contribution in [-0.2, 0) is 6.42 Å². The van der Waals surface area contributed by atoms with E-state index in [1.54, 1.807) is 6.20 Å². The molecule has 0 radical (unpaired) electrons. The topological polar surface area (TPSA) is 24.9 Å². The minimum absolute atomic E-state index is 0.0965. The lowest BCUT2D eigenvalue weighted by atomic mass is 10.1. The third-order valence-corrected chi connectivity index (χ3v) is 4.09. The van der Waals surface area contributed by atoms with Crippen LogP contribution >= 0.6 is 11.3 Å². The quantitative estimate of drug-likeness (QED) is 0.898. The Balaban J connectivity index is 1.93. The first-order chi connectivity index (χ1) is 9.04. The van der Waals surface area contributed by atoms with Crippen molar-refractivity contribution in [2.24, 2.45) is 0 Å². The molecule has 0 saturated heterocycles. The largest absolute Gasteiger partial charge is 0.307 e. The third kappa shape index (κ3) is 4.11. The Morgan fingerprint density at radius 1 is 1.32 bits per heavy atom. The van der Waals surface area contributed by atoms with Gasteiger partial charge in [-0.2, -0.15) is 0 Å². The van der Waals surface area contributed by atoms with Gasteiger partial charge in [0.15, 0.2) is 0 Å². The fourth-order valence-corrected chi connectivity index (χ4v) is 3.16. The summed E-state index contributed by atoms with van der Waals surface area (Å²) in [5, 5.41) is 3.48. The van der Waals surface area contributed by atoms with Gasteiger partial charge in [-0.15, -0.1) is 11.3 Å². The SMILES string of the molecule is Cc1ccc(CC(C)NC(C)c2cncc(F)c2)s1. The summed E-state index contributed by atoms with van der Waals surface area (Å²) < 4.78 is 13.1. The van der Waals surface area contributed by atoms with E-state index in [9.17, 15) is 4.39 Å². The highest BCUT2D eigenvalue weighted by atomic mass is 32.1. The van der Waals surface area contributed by atoms with Crippen LogP contribution < -0.4 is 5.32 Å². The molecule has 0 aliphatic carbocycles. The molecule has 0 aromatic carbocycles. The lowest BCUT2D eigenvalue weighted by Crippen LogP contribution is -2.30. The van der Waals surface area contributed by atoms with Crippen molar-refractivity contribution in [3.8, 4) is 0 Å². The van der Waals surface area contributed by atoms with Crippen LogP contribution in [-0.4, -0.2) is 11.0 Å². The molecule has 0 aliphatic rings. The molecule has 19 heavy (non-hydrogen) atoms. The predicted molar refractivity (Wildman–Crippen MR) is 78.0 cm³/mol. The van der Waals surface area contributed by atoms with Gasteiger partial charge in [0, 0.05) is 28.0 Å². The average Bonchev–Trinajstić information content (AvgIpc) is 2.74. The van der Waals surface area contributed by atoms with Crippen LogP contribution in [0.5, 0.6) is 0 Å². The van der Waals surface area contributed by atoms with Crippen molar-refractivity contribution in [3.63, 3.8) is 0 Å². The highest BCUT2D eigenvalue weighted by molar-refractivity contribution is 7.11. The molecule has 2 aromatic heterocycles. The van der Waals surface area contributed by atoms with Crippen molar-refractivity contribution in [3.05, 3.63) is 51.7 Å². The first kappa shape index (κ1) is 14.2. The molecule has 2 heterocycles. The Hall–Kier alpha value is -1.26. The number of halogens is 1. The summed E-state index contributed by atoms with van der Waals surface area (Å²) in [6, 6.07) is 6.29. The molecule has 0 fully saturated rings. The summed E-state index contributed by atoms with van der Waals surface area (Å²) >= 11 is 1.83. The Kier molecular flexibility index (Phi) is 4.66. The van der Waals surface area contributed by atoms with E-state index in [1.807, 2.05) is 18.3 Å². The van der Waals surface area contributed by atoms with Crippen molar-refractivity contribution in [1.82, 2.24) is 10.3 Å². The predicted octanol–water partition coefficient (Wildman–Crippen LogP) is 3.87. The standard InChI is InChI=1S/C15H19FN2S/c1-10(6-15-5-4-11(2)19-15)18-12(3)13-7-14(16)9-17-8-13/h4-5,7-10,12,18H,6H2,1-3H3. The first-order valence-electron chi connectivity index (χ1n) is 6.46. The molecule has 4 heteroatoms. The van der Waals surface area contributed by atoms with Gasteiger partial charge in [0.25, 0.3) is 0 Å². The van der Waals surface area contributed by atoms with Crippen LogP contribution in [0.4, 0.5) is 4.39 Å². The maximum Gasteiger partial charge on any atom is 0.141 e. The number of hydrogen-bond acceptors (Lipinski definition) is 3. The van der Waals surface area contributed by atoms with Gasteiger partial charge in [0.2, 0.25) is 0 Å². The summed E-state index contributed by atoms with van der Waals surface area (Å²) in [5.74, 6) is -0.285. The number of aromatic nitrogens is 1. The summed E-state index contributed by atoms with van der Waals surface area (Å²) in [7, 11) is 0. The molecule has 2 unspecified atom stereocenters. The molecule has 2 atom stereocenters. The van der Waals surface area contributed by atoms with Crippen molar-refractivity contribution >= 4 is 11.3 Å². The zero-order valence-corrected chi connectivity index (χ0v) is 12.3. The number of pyridine rings is 1. The van der Waals surface area contributed by atoms with Gasteiger partial charge < -0.3 is 5.32 Å². The normalized spacial score (nSPS) is 14.3. The highest BCUT2D eigenvalue weighted by Crippen LogP contribution is 2.18. The van der Waals surface area contributed by atoms with Crippen LogP contribution in [0, 0.1) is 12.7 Å². The van der Waals surface area contributed by atoms with Crippen molar-refractivity contribution in [1.29, 1.82) is 0 Å². The van der Waals surface area contributed by atoms with E-state index in [0.717, 1.165) is 12.0 Å². The average molecular weight is 278 g/mol. The van der Waals surface area contributed by atoms with Crippen LogP contribution in [0.1, 0.15) is 35.2 Å². The smallest absolute Gasteiger partial charge is 0.141 e. The van der Waals surface area contributed by atoms with Crippen LogP contribution in [0.2, 0.25) is 0 Å². The molecule has 2 nitrogen and oxygen atoms in total. The molecule has 2 aromatic rings. The van der Waals surface area contributed by atoms with Gasteiger partial charge in [-0.25, -0.2) is 4.39 Å². The second-order valence-electron chi connectivity index (χ2n) is 4.94. The van der Waals surface area contributed by atoms with E-state index in [-0.39, 0.29) is 11.9 Å². The lowest BCUT2D eigenvalue weighted by Gasteiger charge is -2.19. The number of rotatable bonds is 5. The molecule has 0 spiro atoms.